The van der Waals surface area contributed by atoms with Crippen LogP contribution < -0.4 is 15.0 Å². The summed E-state index contributed by atoms with van der Waals surface area (Å²) in [5.74, 6) is -0.686. The van der Waals surface area contributed by atoms with Gasteiger partial charge in [-0.25, -0.2) is 0 Å². The van der Waals surface area contributed by atoms with Gasteiger partial charge >= 0.3 is 5.97 Å². The number of nitrogens with one attached hydrogen (secondary N) is 1. The first-order valence-corrected chi connectivity index (χ1v) is 11.5. The molecule has 0 atom stereocenters. The lowest BCUT2D eigenvalue weighted by molar-refractivity contribution is -0.136. The summed E-state index contributed by atoms with van der Waals surface area (Å²) >= 11 is 0. The quantitative estimate of drug-likeness (QED) is 0.539. The topological polar surface area (TPSA) is 95.9 Å². The summed E-state index contributed by atoms with van der Waals surface area (Å²) in [6.07, 6.45) is 0.841. The van der Waals surface area contributed by atoms with E-state index < -0.39 is 5.97 Å². The van der Waals surface area contributed by atoms with Crippen molar-refractivity contribution in [3.63, 3.8) is 0 Å². The van der Waals surface area contributed by atoms with Crippen LogP contribution in [0.4, 0.5) is 11.4 Å². The maximum Gasteiger partial charge on any atom is 0.307 e. The lowest BCUT2D eigenvalue weighted by atomic mass is 9.85. The second kappa shape index (κ2) is 11.2. The molecule has 0 heterocycles. The monoisotopic (exact) mass is 468 g/mol. The highest BCUT2D eigenvalue weighted by molar-refractivity contribution is 6.03. The van der Waals surface area contributed by atoms with E-state index >= 15 is 0 Å². The molecule has 2 amide bonds. The lowest BCUT2D eigenvalue weighted by Gasteiger charge is -2.26. The SMILES string of the molecule is CCCC(=O)N(CC(=O)Nc1cc(CC(=O)O)ccc1C(C)(C)C)c1cc(C)c(OC)c(C)c1. The minimum absolute atomic E-state index is 0.140. The number of benzene rings is 2. The number of carboxylic acids is 1. The molecule has 0 aliphatic carbocycles. The molecule has 7 heteroatoms. The summed E-state index contributed by atoms with van der Waals surface area (Å²) in [4.78, 5) is 38.8. The van der Waals surface area contributed by atoms with E-state index in [1.165, 1.54) is 4.90 Å². The van der Waals surface area contributed by atoms with Crippen LogP contribution in [-0.4, -0.2) is 36.5 Å². The van der Waals surface area contributed by atoms with E-state index in [-0.39, 0.29) is 30.2 Å². The van der Waals surface area contributed by atoms with Crippen LogP contribution in [0.2, 0.25) is 0 Å². The Balaban J connectivity index is 2.40. The molecule has 0 spiro atoms. The van der Waals surface area contributed by atoms with Gasteiger partial charge in [-0.1, -0.05) is 39.8 Å². The van der Waals surface area contributed by atoms with Crippen molar-refractivity contribution >= 4 is 29.2 Å². The number of carboxylic acid groups (broad SMARTS) is 1. The number of nitrogens with zero attached hydrogens (tertiary/aromatic N) is 1. The van der Waals surface area contributed by atoms with Crippen LogP contribution in [0.3, 0.4) is 0 Å². The minimum Gasteiger partial charge on any atom is -0.496 e. The third-order valence-electron chi connectivity index (χ3n) is 5.55. The van der Waals surface area contributed by atoms with Crippen LogP contribution in [0.25, 0.3) is 0 Å². The summed E-state index contributed by atoms with van der Waals surface area (Å²) in [5, 5.41) is 12.1. The van der Waals surface area contributed by atoms with Gasteiger partial charge in [0.05, 0.1) is 13.5 Å². The summed E-state index contributed by atoms with van der Waals surface area (Å²) in [6, 6.07) is 9.02. The molecule has 0 bridgehead atoms. The molecule has 2 aromatic carbocycles. The van der Waals surface area contributed by atoms with Crippen molar-refractivity contribution in [1.82, 2.24) is 0 Å². The second-order valence-corrected chi connectivity index (χ2v) is 9.59. The molecule has 184 valence electrons. The summed E-state index contributed by atoms with van der Waals surface area (Å²) in [6.45, 7) is 11.6. The zero-order chi connectivity index (χ0) is 25.6. The molecule has 0 radical (unpaired) electrons. The average Bonchev–Trinajstić information content (AvgIpc) is 2.70. The van der Waals surface area contributed by atoms with Gasteiger partial charge in [0, 0.05) is 17.8 Å². The number of hydrogen-bond donors (Lipinski definition) is 2. The predicted octanol–water partition coefficient (Wildman–Crippen LogP) is 5.01. The Kier molecular flexibility index (Phi) is 8.85. The van der Waals surface area contributed by atoms with E-state index in [0.717, 1.165) is 22.4 Å². The van der Waals surface area contributed by atoms with Crippen molar-refractivity contribution in [1.29, 1.82) is 0 Å². The molecule has 7 nitrogen and oxygen atoms in total. The fraction of sp³-hybridized carbons (Fsp3) is 0.444. The van der Waals surface area contributed by atoms with Gasteiger partial charge in [0.1, 0.15) is 12.3 Å². The first-order chi connectivity index (χ1) is 15.9. The van der Waals surface area contributed by atoms with Crippen LogP contribution in [0.1, 0.15) is 62.8 Å². The first-order valence-electron chi connectivity index (χ1n) is 11.5. The third kappa shape index (κ3) is 6.83. The van der Waals surface area contributed by atoms with Crippen molar-refractivity contribution in [3.8, 4) is 5.75 Å². The van der Waals surface area contributed by atoms with Crippen LogP contribution in [0, 0.1) is 13.8 Å². The molecule has 0 aromatic heterocycles. The lowest BCUT2D eigenvalue weighted by Crippen LogP contribution is -2.38. The molecule has 0 fully saturated rings. The van der Waals surface area contributed by atoms with Gasteiger partial charge < -0.3 is 20.1 Å². The van der Waals surface area contributed by atoms with Crippen LogP contribution in [0.5, 0.6) is 5.75 Å². The summed E-state index contributed by atoms with van der Waals surface area (Å²) < 4.78 is 5.44. The number of ether oxygens (including phenoxy) is 1. The Morgan fingerprint density at radius 3 is 2.18 bits per heavy atom. The Morgan fingerprint density at radius 2 is 1.68 bits per heavy atom. The minimum atomic E-state index is -0.942. The maximum atomic E-state index is 13.2. The van der Waals surface area contributed by atoms with Crippen molar-refractivity contribution < 1.29 is 24.2 Å². The van der Waals surface area contributed by atoms with Gasteiger partial charge in [-0.15, -0.1) is 0 Å². The van der Waals surface area contributed by atoms with Crippen molar-refractivity contribution in [2.24, 2.45) is 0 Å². The van der Waals surface area contributed by atoms with E-state index in [2.05, 4.69) is 5.32 Å². The number of methoxy groups -OCH3 is 1. The van der Waals surface area contributed by atoms with E-state index in [1.807, 2.05) is 59.7 Å². The van der Waals surface area contributed by atoms with Crippen LogP contribution >= 0.6 is 0 Å². The van der Waals surface area contributed by atoms with Gasteiger partial charge in [-0.05, 0) is 66.1 Å². The van der Waals surface area contributed by atoms with Gasteiger partial charge in [-0.2, -0.15) is 0 Å². The summed E-state index contributed by atoms with van der Waals surface area (Å²) in [5.41, 5.74) is 4.16. The molecule has 0 aliphatic rings. The molecule has 2 rings (SSSR count). The number of anilines is 2. The first kappa shape index (κ1) is 26.9. The fourth-order valence-corrected chi connectivity index (χ4v) is 4.04. The molecule has 0 saturated heterocycles. The van der Waals surface area contributed by atoms with E-state index in [4.69, 9.17) is 9.84 Å². The smallest absolute Gasteiger partial charge is 0.307 e. The molecule has 0 unspecified atom stereocenters. The van der Waals surface area contributed by atoms with Gasteiger partial charge in [0.25, 0.3) is 0 Å². The van der Waals surface area contributed by atoms with Crippen molar-refractivity contribution in [2.45, 2.75) is 66.2 Å². The highest BCUT2D eigenvalue weighted by Crippen LogP contribution is 2.32. The van der Waals surface area contributed by atoms with Crippen LogP contribution in [0.15, 0.2) is 30.3 Å². The Labute approximate surface area is 202 Å². The second-order valence-electron chi connectivity index (χ2n) is 9.59. The Hall–Kier alpha value is -3.35. The third-order valence-corrected chi connectivity index (χ3v) is 5.55. The number of carbonyl (C=O) groups is 3. The number of hydrogen-bond acceptors (Lipinski definition) is 4. The van der Waals surface area contributed by atoms with E-state index in [1.54, 1.807) is 19.2 Å². The van der Waals surface area contributed by atoms with Gasteiger partial charge in [0.2, 0.25) is 11.8 Å². The highest BCUT2D eigenvalue weighted by atomic mass is 16.5. The number of aliphatic carboxylic acids is 1. The highest BCUT2D eigenvalue weighted by Gasteiger charge is 2.23. The number of aryl methyl sites for hydroxylation is 2. The molecular weight excluding hydrogens is 432 g/mol. The largest absolute Gasteiger partial charge is 0.496 e. The predicted molar refractivity (Wildman–Crippen MR) is 135 cm³/mol. The van der Waals surface area contributed by atoms with Crippen molar-refractivity contribution in [3.05, 3.63) is 52.6 Å². The molecule has 34 heavy (non-hydrogen) atoms. The zero-order valence-electron chi connectivity index (χ0n) is 21.2. The summed E-state index contributed by atoms with van der Waals surface area (Å²) in [7, 11) is 1.60. The van der Waals surface area contributed by atoms with Gasteiger partial charge in [-0.3, -0.25) is 14.4 Å². The average molecular weight is 469 g/mol. The molecule has 0 saturated carbocycles. The number of rotatable bonds is 9. The zero-order valence-corrected chi connectivity index (χ0v) is 21.2. The van der Waals surface area contributed by atoms with E-state index in [9.17, 15) is 14.4 Å². The number of carbonyl (C=O) groups excluding carboxylic acids is 2. The van der Waals surface area contributed by atoms with Gasteiger partial charge in [0.15, 0.2) is 0 Å². The maximum absolute atomic E-state index is 13.2. The van der Waals surface area contributed by atoms with Crippen molar-refractivity contribution in [2.75, 3.05) is 23.9 Å². The normalized spacial score (nSPS) is 11.1. The Morgan fingerprint density at radius 1 is 1.06 bits per heavy atom. The molecule has 2 aromatic rings. The molecule has 2 N–H and O–H groups in total. The Bertz CT molecular complexity index is 1050. The standard InChI is InChI=1S/C27H36N2O5/c1-8-9-24(31)29(20-12-17(2)26(34-7)18(3)13-20)16-23(30)28-22-14-19(15-25(32)33)10-11-21(22)27(4,5)6/h10-14H,8-9,15-16H2,1-7H3,(H,28,30)(H,32,33). The number of amides is 2. The fourth-order valence-electron chi connectivity index (χ4n) is 4.04. The van der Waals surface area contributed by atoms with E-state index in [0.29, 0.717) is 29.8 Å². The van der Waals surface area contributed by atoms with Crippen LogP contribution in [-0.2, 0) is 26.2 Å². The molecular formula is C27H36N2O5. The molecule has 0 aliphatic heterocycles.